The summed E-state index contributed by atoms with van der Waals surface area (Å²) in [5.74, 6) is 0.810. The molecule has 1 heteroatoms. The average molecular weight is 277 g/mol. The van der Waals surface area contributed by atoms with Gasteiger partial charge in [-0.25, -0.2) is 0 Å². The third-order valence-electron chi connectivity index (χ3n) is 4.90. The number of nitrogens with one attached hydrogen (secondary N) is 1. The lowest BCUT2D eigenvalue weighted by molar-refractivity contribution is 0.420. The molecule has 108 valence electrons. The van der Waals surface area contributed by atoms with Crippen LogP contribution in [-0.2, 0) is 6.54 Å². The van der Waals surface area contributed by atoms with Gasteiger partial charge in [-0.1, -0.05) is 48.9 Å². The van der Waals surface area contributed by atoms with Crippen molar-refractivity contribution in [2.75, 3.05) is 0 Å². The first-order valence-electron chi connectivity index (χ1n) is 8.31. The van der Waals surface area contributed by atoms with E-state index in [1.807, 2.05) is 0 Å². The van der Waals surface area contributed by atoms with Gasteiger partial charge in [0.25, 0.3) is 0 Å². The van der Waals surface area contributed by atoms with E-state index in [2.05, 4.69) is 53.8 Å². The smallest absolute Gasteiger partial charge is 0.0208 e. The molecular formula is C20H23N. The van der Waals surface area contributed by atoms with Gasteiger partial charge in [-0.3, -0.25) is 0 Å². The van der Waals surface area contributed by atoms with Gasteiger partial charge in [0.15, 0.2) is 0 Å². The van der Waals surface area contributed by atoms with Crippen molar-refractivity contribution < 1.29 is 0 Å². The summed E-state index contributed by atoms with van der Waals surface area (Å²) in [7, 11) is 0. The number of benzene rings is 2. The molecule has 0 saturated heterocycles. The monoisotopic (exact) mass is 277 g/mol. The predicted octanol–water partition coefficient (Wildman–Crippen LogP) is 4.87. The van der Waals surface area contributed by atoms with E-state index in [-0.39, 0.29) is 0 Å². The molecule has 1 nitrogen and oxygen atoms in total. The fourth-order valence-corrected chi connectivity index (χ4v) is 3.12. The van der Waals surface area contributed by atoms with E-state index in [0.717, 1.165) is 18.5 Å². The highest BCUT2D eigenvalue weighted by Crippen LogP contribution is 2.37. The summed E-state index contributed by atoms with van der Waals surface area (Å²) in [6.07, 6.45) is 6.84. The SMILES string of the molecule is c1cc(CNC2CC2)cc(-c2cccc(C3CCC3)c2)c1. The summed E-state index contributed by atoms with van der Waals surface area (Å²) < 4.78 is 0. The van der Waals surface area contributed by atoms with Gasteiger partial charge in [-0.05, 0) is 59.9 Å². The zero-order chi connectivity index (χ0) is 14.1. The van der Waals surface area contributed by atoms with Crippen molar-refractivity contribution in [2.24, 2.45) is 0 Å². The fourth-order valence-electron chi connectivity index (χ4n) is 3.12. The first-order chi connectivity index (χ1) is 10.4. The van der Waals surface area contributed by atoms with Crippen LogP contribution in [0.2, 0.25) is 0 Å². The molecule has 4 rings (SSSR count). The quantitative estimate of drug-likeness (QED) is 0.822. The highest BCUT2D eigenvalue weighted by atomic mass is 14.9. The van der Waals surface area contributed by atoms with E-state index in [4.69, 9.17) is 0 Å². The highest BCUT2D eigenvalue weighted by molar-refractivity contribution is 5.65. The van der Waals surface area contributed by atoms with E-state index >= 15 is 0 Å². The van der Waals surface area contributed by atoms with E-state index in [9.17, 15) is 0 Å². The van der Waals surface area contributed by atoms with Crippen molar-refractivity contribution in [3.05, 3.63) is 59.7 Å². The van der Waals surface area contributed by atoms with Gasteiger partial charge in [0.2, 0.25) is 0 Å². The largest absolute Gasteiger partial charge is 0.310 e. The summed E-state index contributed by atoms with van der Waals surface area (Å²) in [6, 6.07) is 18.9. The molecule has 0 unspecified atom stereocenters. The molecule has 2 aromatic rings. The Bertz CT molecular complexity index is 623. The zero-order valence-electron chi connectivity index (χ0n) is 12.5. The highest BCUT2D eigenvalue weighted by Gasteiger charge is 2.20. The molecule has 2 aliphatic rings. The van der Waals surface area contributed by atoms with Crippen LogP contribution in [0.15, 0.2) is 48.5 Å². The number of rotatable bonds is 5. The van der Waals surface area contributed by atoms with Gasteiger partial charge in [0.1, 0.15) is 0 Å². The van der Waals surface area contributed by atoms with Crippen molar-refractivity contribution in [1.29, 1.82) is 0 Å². The summed E-state index contributed by atoms with van der Waals surface area (Å²) >= 11 is 0. The van der Waals surface area contributed by atoms with Gasteiger partial charge in [0, 0.05) is 12.6 Å². The molecular weight excluding hydrogens is 254 g/mol. The van der Waals surface area contributed by atoms with Crippen LogP contribution >= 0.6 is 0 Å². The fraction of sp³-hybridized carbons (Fsp3) is 0.400. The van der Waals surface area contributed by atoms with E-state index < -0.39 is 0 Å². The van der Waals surface area contributed by atoms with E-state index in [0.29, 0.717) is 0 Å². The Hall–Kier alpha value is -1.60. The first-order valence-corrected chi connectivity index (χ1v) is 8.31. The van der Waals surface area contributed by atoms with Crippen LogP contribution in [0.5, 0.6) is 0 Å². The maximum absolute atomic E-state index is 3.60. The molecule has 0 atom stereocenters. The van der Waals surface area contributed by atoms with Gasteiger partial charge in [0.05, 0.1) is 0 Å². The molecule has 2 aliphatic carbocycles. The van der Waals surface area contributed by atoms with Crippen LogP contribution in [0.1, 0.15) is 49.1 Å². The molecule has 0 radical (unpaired) electrons. The third-order valence-corrected chi connectivity index (χ3v) is 4.90. The van der Waals surface area contributed by atoms with Crippen LogP contribution in [0.25, 0.3) is 11.1 Å². The van der Waals surface area contributed by atoms with Crippen LogP contribution in [0, 0.1) is 0 Å². The topological polar surface area (TPSA) is 12.0 Å². The molecule has 21 heavy (non-hydrogen) atoms. The average Bonchev–Trinajstić information content (AvgIpc) is 3.28. The Morgan fingerprint density at radius 3 is 2.33 bits per heavy atom. The zero-order valence-corrected chi connectivity index (χ0v) is 12.5. The van der Waals surface area contributed by atoms with Crippen LogP contribution in [-0.4, -0.2) is 6.04 Å². The minimum absolute atomic E-state index is 0.774. The molecule has 2 aromatic carbocycles. The Labute approximate surface area is 127 Å². The second kappa shape index (κ2) is 5.65. The summed E-state index contributed by atoms with van der Waals surface area (Å²) in [5.41, 5.74) is 5.65. The molecule has 0 spiro atoms. The lowest BCUT2D eigenvalue weighted by Crippen LogP contribution is -2.15. The molecule has 0 aliphatic heterocycles. The van der Waals surface area contributed by atoms with Crippen molar-refractivity contribution in [3.63, 3.8) is 0 Å². The minimum atomic E-state index is 0.774. The molecule has 2 saturated carbocycles. The van der Waals surface area contributed by atoms with Crippen molar-refractivity contribution in [2.45, 2.75) is 50.6 Å². The Balaban J connectivity index is 1.55. The minimum Gasteiger partial charge on any atom is -0.310 e. The molecule has 0 bridgehead atoms. The maximum atomic E-state index is 3.60. The molecule has 2 fully saturated rings. The summed E-state index contributed by atoms with van der Waals surface area (Å²) in [6.45, 7) is 1.00. The molecule has 1 N–H and O–H groups in total. The number of hydrogen-bond acceptors (Lipinski definition) is 1. The van der Waals surface area contributed by atoms with Crippen molar-refractivity contribution in [3.8, 4) is 11.1 Å². The summed E-state index contributed by atoms with van der Waals surface area (Å²) in [5, 5.41) is 3.60. The third kappa shape index (κ3) is 3.03. The van der Waals surface area contributed by atoms with Gasteiger partial charge < -0.3 is 5.32 Å². The Morgan fingerprint density at radius 1 is 0.857 bits per heavy atom. The Morgan fingerprint density at radius 2 is 1.62 bits per heavy atom. The second-order valence-electron chi connectivity index (χ2n) is 6.61. The van der Waals surface area contributed by atoms with Gasteiger partial charge in [-0.15, -0.1) is 0 Å². The van der Waals surface area contributed by atoms with Crippen molar-refractivity contribution >= 4 is 0 Å². The van der Waals surface area contributed by atoms with Crippen molar-refractivity contribution in [1.82, 2.24) is 5.32 Å². The Kier molecular flexibility index (Phi) is 3.52. The number of hydrogen-bond donors (Lipinski definition) is 1. The second-order valence-corrected chi connectivity index (χ2v) is 6.61. The normalized spacial score (nSPS) is 18.5. The van der Waals surface area contributed by atoms with Crippen LogP contribution < -0.4 is 5.32 Å². The van der Waals surface area contributed by atoms with Crippen LogP contribution in [0.4, 0.5) is 0 Å². The maximum Gasteiger partial charge on any atom is 0.0208 e. The standard InChI is InChI=1S/C20H23N/c1-4-15(14-21-20-10-11-20)12-17(7-1)19-9-3-8-18(13-19)16-5-2-6-16/h1,3-4,7-9,12-13,16,20-21H,2,5-6,10-11,14H2. The van der Waals surface area contributed by atoms with E-state index in [1.54, 1.807) is 0 Å². The molecule has 0 heterocycles. The lowest BCUT2D eigenvalue weighted by atomic mass is 9.79. The molecule has 0 aromatic heterocycles. The van der Waals surface area contributed by atoms with Gasteiger partial charge >= 0.3 is 0 Å². The van der Waals surface area contributed by atoms with Crippen LogP contribution in [0.3, 0.4) is 0 Å². The summed E-state index contributed by atoms with van der Waals surface area (Å²) in [4.78, 5) is 0. The lowest BCUT2D eigenvalue weighted by Gasteiger charge is -2.26. The van der Waals surface area contributed by atoms with E-state index in [1.165, 1.54) is 54.4 Å². The predicted molar refractivity (Wildman–Crippen MR) is 88.3 cm³/mol. The first kappa shape index (κ1) is 13.1. The molecule has 0 amide bonds. The van der Waals surface area contributed by atoms with Gasteiger partial charge in [-0.2, -0.15) is 0 Å².